The summed E-state index contributed by atoms with van der Waals surface area (Å²) in [5.41, 5.74) is -0.248. The van der Waals surface area contributed by atoms with Gasteiger partial charge in [0.05, 0.1) is 37.9 Å². The van der Waals surface area contributed by atoms with Crippen LogP contribution in [0.25, 0.3) is 0 Å². The molecule has 8 aliphatic rings. The topological polar surface area (TPSA) is 157 Å². The number of methoxy groups -OCH3 is 2. The van der Waals surface area contributed by atoms with Crippen molar-refractivity contribution in [2.75, 3.05) is 20.8 Å². The molecule has 0 saturated heterocycles. The number of hydrogen-bond donors (Lipinski definition) is 3. The predicted molar refractivity (Wildman–Crippen MR) is 160 cm³/mol. The lowest BCUT2D eigenvalue weighted by atomic mass is 9.42. The van der Waals surface area contributed by atoms with Crippen molar-refractivity contribution in [3.8, 4) is 0 Å². The molecule has 12 atom stereocenters. The van der Waals surface area contributed by atoms with E-state index < -0.39 is 64.4 Å². The highest BCUT2D eigenvalue weighted by Crippen LogP contribution is 2.83. The summed E-state index contributed by atoms with van der Waals surface area (Å²) in [7, 11) is 2.56. The molecule has 0 radical (unpaired) electrons. The summed E-state index contributed by atoms with van der Waals surface area (Å²) in [4.78, 5) is 53.5. The number of ketones is 1. The number of carbonyl (C=O) groups excluding carboxylic acids is 4. The number of aliphatic hydroxyl groups excluding tert-OH is 2. The second-order valence-corrected chi connectivity index (χ2v) is 15.7. The maximum atomic E-state index is 14.4. The van der Waals surface area contributed by atoms with Gasteiger partial charge in [0.25, 0.3) is 0 Å². The maximum Gasteiger partial charge on any atom is 0.337 e. The minimum atomic E-state index is -1.37. The smallest absolute Gasteiger partial charge is 0.337 e. The summed E-state index contributed by atoms with van der Waals surface area (Å²) in [5, 5.41) is 35.0. The molecule has 10 heteroatoms. The molecular weight excluding hydrogens is 592 g/mol. The van der Waals surface area contributed by atoms with Crippen LogP contribution < -0.4 is 0 Å². The summed E-state index contributed by atoms with van der Waals surface area (Å²) in [6, 6.07) is 0. The van der Waals surface area contributed by atoms with Gasteiger partial charge in [0, 0.05) is 28.6 Å². The van der Waals surface area contributed by atoms with Gasteiger partial charge in [-0.05, 0) is 92.1 Å². The van der Waals surface area contributed by atoms with E-state index >= 15 is 0 Å². The molecule has 5 saturated carbocycles. The van der Waals surface area contributed by atoms with Crippen LogP contribution in [0.3, 0.4) is 0 Å². The normalized spacial score (nSPS) is 48.5. The Morgan fingerprint density at radius 1 is 1.02 bits per heavy atom. The molecule has 1 spiro atoms. The Balaban J connectivity index is 1.38. The molecule has 0 bridgehead atoms. The van der Waals surface area contributed by atoms with E-state index in [1.807, 2.05) is 13.8 Å². The molecule has 246 valence electrons. The van der Waals surface area contributed by atoms with Crippen molar-refractivity contribution in [1.82, 2.24) is 0 Å². The van der Waals surface area contributed by atoms with E-state index in [0.717, 1.165) is 18.4 Å². The van der Waals surface area contributed by atoms with Gasteiger partial charge in [0.2, 0.25) is 0 Å². The van der Waals surface area contributed by atoms with Crippen molar-refractivity contribution in [2.45, 2.75) is 77.1 Å². The third-order valence-corrected chi connectivity index (χ3v) is 14.2. The summed E-state index contributed by atoms with van der Waals surface area (Å²) in [6.07, 6.45) is 2.80. The number of ether oxygens (including phenoxy) is 3. The molecule has 46 heavy (non-hydrogen) atoms. The van der Waals surface area contributed by atoms with Gasteiger partial charge in [-0.3, -0.25) is 4.79 Å². The number of fused-ring (bicyclic) bond motifs is 7. The largest absolute Gasteiger partial charge is 0.466 e. The van der Waals surface area contributed by atoms with Crippen molar-refractivity contribution in [3.63, 3.8) is 0 Å². The summed E-state index contributed by atoms with van der Waals surface area (Å²) < 4.78 is 16.5. The van der Waals surface area contributed by atoms with E-state index in [4.69, 9.17) is 14.2 Å². The fourth-order valence-corrected chi connectivity index (χ4v) is 12.3. The van der Waals surface area contributed by atoms with Gasteiger partial charge in [0.1, 0.15) is 11.7 Å². The minimum absolute atomic E-state index is 0.0345. The second-order valence-electron chi connectivity index (χ2n) is 15.7. The van der Waals surface area contributed by atoms with Crippen LogP contribution in [0, 0.1) is 52.3 Å². The summed E-state index contributed by atoms with van der Waals surface area (Å²) in [5.74, 6) is -3.53. The van der Waals surface area contributed by atoms with E-state index in [9.17, 15) is 34.5 Å². The molecule has 1 heterocycles. The summed E-state index contributed by atoms with van der Waals surface area (Å²) >= 11 is 0. The van der Waals surface area contributed by atoms with Gasteiger partial charge < -0.3 is 29.5 Å². The van der Waals surface area contributed by atoms with Crippen molar-refractivity contribution < 1.29 is 48.7 Å². The molecule has 3 N–H and O–H groups in total. The van der Waals surface area contributed by atoms with Crippen LogP contribution in [0.4, 0.5) is 0 Å². The molecule has 0 aromatic rings. The van der Waals surface area contributed by atoms with Crippen LogP contribution in [0.2, 0.25) is 0 Å². The van der Waals surface area contributed by atoms with Crippen molar-refractivity contribution in [2.24, 2.45) is 52.3 Å². The van der Waals surface area contributed by atoms with Crippen molar-refractivity contribution in [3.05, 3.63) is 45.1 Å². The van der Waals surface area contributed by atoms with Crippen LogP contribution >= 0.6 is 0 Å². The van der Waals surface area contributed by atoms with Gasteiger partial charge in [-0.25, -0.2) is 14.4 Å². The zero-order valence-electron chi connectivity index (χ0n) is 27.1. The Kier molecular flexibility index (Phi) is 5.97. The molecule has 7 aliphatic carbocycles. The number of esters is 3. The van der Waals surface area contributed by atoms with Gasteiger partial charge in [-0.15, -0.1) is 0 Å². The summed E-state index contributed by atoms with van der Waals surface area (Å²) in [6.45, 7) is 6.91. The third-order valence-electron chi connectivity index (χ3n) is 14.2. The SMILES string of the molecule is COC(=O)/C=C(\C)C[C@]1(O)[C@H]2CC3=C(CO)C(=O)OC34[C@@H]3C5=C(C[C@H]4[C@@]2(C)[C@@H]2C[C@@H]21)[C@H]1C[C@H]1[C@]5(C)[C@@H](O)C(=O)/C3=C(/C)C(=O)OC. The average molecular weight is 635 g/mol. The van der Waals surface area contributed by atoms with Gasteiger partial charge in [-0.1, -0.05) is 25.0 Å². The first-order valence-corrected chi connectivity index (χ1v) is 16.5. The number of carbonyl (C=O) groups is 4. The average Bonchev–Trinajstić information content (AvgIpc) is 3.93. The lowest BCUT2D eigenvalue weighted by Crippen LogP contribution is -2.67. The molecule has 10 nitrogen and oxygen atoms in total. The first kappa shape index (κ1) is 30.3. The molecule has 0 aromatic heterocycles. The van der Waals surface area contributed by atoms with E-state index in [0.29, 0.717) is 17.6 Å². The van der Waals surface area contributed by atoms with Crippen LogP contribution in [0.5, 0.6) is 0 Å². The number of Topliss-reactive ketones (excluding diaryl/α,β-unsaturated/α-hetero) is 1. The zero-order chi connectivity index (χ0) is 33.0. The molecule has 8 rings (SSSR count). The van der Waals surface area contributed by atoms with Gasteiger partial charge >= 0.3 is 17.9 Å². The van der Waals surface area contributed by atoms with E-state index in [1.165, 1.54) is 32.8 Å². The van der Waals surface area contributed by atoms with Crippen LogP contribution in [-0.2, 0) is 33.4 Å². The number of allylic oxidation sites excluding steroid dienone is 1. The fourth-order valence-electron chi connectivity index (χ4n) is 12.3. The number of aliphatic hydroxyl groups is 3. The highest BCUT2D eigenvalue weighted by molar-refractivity contribution is 6.09. The van der Waals surface area contributed by atoms with E-state index in [1.54, 1.807) is 0 Å². The van der Waals surface area contributed by atoms with Gasteiger partial charge in [-0.2, -0.15) is 0 Å². The molecule has 1 unspecified atom stereocenters. The van der Waals surface area contributed by atoms with Crippen molar-refractivity contribution >= 4 is 23.7 Å². The Bertz CT molecular complexity index is 1680. The first-order chi connectivity index (χ1) is 21.7. The lowest BCUT2D eigenvalue weighted by molar-refractivity contribution is -0.185. The first-order valence-electron chi connectivity index (χ1n) is 16.5. The Morgan fingerprint density at radius 2 is 1.74 bits per heavy atom. The molecule has 5 fully saturated rings. The molecular formula is C36H42O10. The van der Waals surface area contributed by atoms with Crippen LogP contribution in [0.1, 0.15) is 59.8 Å². The number of rotatable bonds is 5. The van der Waals surface area contributed by atoms with Crippen LogP contribution in [-0.4, -0.2) is 77.1 Å². The van der Waals surface area contributed by atoms with Crippen LogP contribution in [0.15, 0.2) is 45.1 Å². The third kappa shape index (κ3) is 3.19. The lowest BCUT2D eigenvalue weighted by Gasteiger charge is -2.63. The molecule has 1 aliphatic heterocycles. The fraction of sp³-hybridized carbons (Fsp3) is 0.667. The Hall–Kier alpha value is -3.08. The predicted octanol–water partition coefficient (Wildman–Crippen LogP) is 2.51. The quantitative estimate of drug-likeness (QED) is 0.178. The molecule has 0 aromatic carbocycles. The standard InChI is InChI=1S/C36H42O10/c1-14(7-25(38)44-5)12-35(43)22-10-21(22)33(3)23(35)11-20-18(13-37)32(42)46-36(20)24(33)9-17-16-8-19(16)34(4)27(17)28(36)26(29(39)30(34)40)15(2)31(41)45-6/h7,16,19,21-24,28,30,37,40,43H,8-13H2,1-6H3/b14-7+,26-15-/t16-,19-,21-,22+,23+,24+,28+,30+,33+,34+,35-,36?/m1/s1. The number of hydrogen-bond acceptors (Lipinski definition) is 10. The monoisotopic (exact) mass is 634 g/mol. The molecule has 0 amide bonds. The van der Waals surface area contributed by atoms with E-state index in [2.05, 4.69) is 6.92 Å². The van der Waals surface area contributed by atoms with E-state index in [-0.39, 0.29) is 65.1 Å². The highest BCUT2D eigenvalue weighted by atomic mass is 16.6. The minimum Gasteiger partial charge on any atom is -0.466 e. The Labute approximate surface area is 267 Å². The Morgan fingerprint density at radius 3 is 2.39 bits per heavy atom. The second kappa shape index (κ2) is 9.08. The maximum absolute atomic E-state index is 14.4. The van der Waals surface area contributed by atoms with Crippen molar-refractivity contribution in [1.29, 1.82) is 0 Å². The van der Waals surface area contributed by atoms with Gasteiger partial charge in [0.15, 0.2) is 5.78 Å². The zero-order valence-corrected chi connectivity index (χ0v) is 27.1. The highest BCUT2D eigenvalue weighted by Gasteiger charge is 2.83.